The van der Waals surface area contributed by atoms with Crippen molar-refractivity contribution in [2.45, 2.75) is 0 Å². The molecule has 4 rings (SSSR count). The van der Waals surface area contributed by atoms with E-state index in [1.54, 1.807) is 18.3 Å². The van der Waals surface area contributed by atoms with Crippen LogP contribution in [0.25, 0.3) is 11.3 Å². The predicted molar refractivity (Wildman–Crippen MR) is 121 cm³/mol. The lowest BCUT2D eigenvalue weighted by atomic mass is 10.1. The van der Waals surface area contributed by atoms with Gasteiger partial charge >= 0.3 is 0 Å². The van der Waals surface area contributed by atoms with Crippen LogP contribution in [0.2, 0.25) is 0 Å². The van der Waals surface area contributed by atoms with Gasteiger partial charge in [0.1, 0.15) is 0 Å². The highest BCUT2D eigenvalue weighted by Crippen LogP contribution is 2.22. The average molecular weight is 413 g/mol. The second-order valence-corrected chi connectivity index (χ2v) is 7.00. The molecule has 0 unspecified atom stereocenters. The van der Waals surface area contributed by atoms with E-state index in [0.29, 0.717) is 11.5 Å². The number of benzene rings is 2. The molecule has 2 aromatic carbocycles. The lowest BCUT2D eigenvalue weighted by molar-refractivity contribution is 0.0958. The molecule has 0 bridgehead atoms. The molecule has 2 N–H and O–H groups in total. The molecule has 1 aromatic heterocycles. The second kappa shape index (κ2) is 9.74. The number of anilines is 3. The molecule has 0 radical (unpaired) electrons. The third kappa shape index (κ3) is 5.18. The maximum absolute atomic E-state index is 12.0. The number of carbonyl (C=O) groups is 1. The topological polar surface area (TPSA) is 79.4 Å². The average Bonchev–Trinajstić information content (AvgIpc) is 2.84. The minimum absolute atomic E-state index is 0.199. The van der Waals surface area contributed by atoms with Crippen LogP contribution < -0.4 is 15.5 Å². The van der Waals surface area contributed by atoms with Crippen molar-refractivity contribution in [1.82, 2.24) is 15.3 Å². The third-order valence-electron chi connectivity index (χ3n) is 4.95. The lowest BCUT2D eigenvalue weighted by Gasteiger charge is -2.28. The van der Waals surface area contributed by atoms with Crippen LogP contribution in [0.4, 0.5) is 17.3 Å². The fourth-order valence-electron chi connectivity index (χ4n) is 3.31. The van der Waals surface area contributed by atoms with Crippen molar-refractivity contribution in [3.8, 4) is 23.6 Å². The molecule has 156 valence electrons. The van der Waals surface area contributed by atoms with Gasteiger partial charge in [-0.1, -0.05) is 18.1 Å². The van der Waals surface area contributed by atoms with Gasteiger partial charge in [0.05, 0.1) is 25.5 Å². The highest BCUT2D eigenvalue weighted by Gasteiger charge is 2.11. The zero-order valence-corrected chi connectivity index (χ0v) is 17.0. The Morgan fingerprint density at radius 2 is 1.81 bits per heavy atom. The predicted octanol–water partition coefficient (Wildman–Crippen LogP) is 3.09. The smallest absolute Gasteiger partial charge is 0.252 e. The zero-order valence-electron chi connectivity index (χ0n) is 17.0. The van der Waals surface area contributed by atoms with Crippen molar-refractivity contribution in [1.29, 1.82) is 0 Å². The Labute approximate surface area is 181 Å². The Balaban J connectivity index is 1.43. The Morgan fingerprint density at radius 1 is 1.06 bits per heavy atom. The number of morpholine rings is 1. The van der Waals surface area contributed by atoms with Gasteiger partial charge in [0, 0.05) is 41.8 Å². The van der Waals surface area contributed by atoms with E-state index >= 15 is 0 Å². The quantitative estimate of drug-likeness (QED) is 0.605. The minimum Gasteiger partial charge on any atom is -0.378 e. The normalized spacial score (nSPS) is 13.3. The first kappa shape index (κ1) is 20.4. The van der Waals surface area contributed by atoms with Gasteiger partial charge in [0.2, 0.25) is 5.95 Å². The standard InChI is InChI=1S/C24H23N5O2/c1-2-12-25-23(30)19-5-3-18(4-6-19)22-11-13-26-24(28-22)27-20-7-9-21(10-8-20)29-14-16-31-17-15-29/h1,3-11,13H,12,14-17H2,(H,25,30)(H,26,27,28). The molecule has 0 atom stereocenters. The number of nitrogens with zero attached hydrogens (tertiary/aromatic N) is 3. The van der Waals surface area contributed by atoms with E-state index in [1.165, 1.54) is 5.69 Å². The van der Waals surface area contributed by atoms with Crippen molar-refractivity contribution in [3.63, 3.8) is 0 Å². The Morgan fingerprint density at radius 3 is 2.52 bits per heavy atom. The molecule has 0 aliphatic carbocycles. The highest BCUT2D eigenvalue weighted by molar-refractivity contribution is 5.94. The first-order valence-corrected chi connectivity index (χ1v) is 10.1. The summed E-state index contributed by atoms with van der Waals surface area (Å²) in [6.07, 6.45) is 6.88. The summed E-state index contributed by atoms with van der Waals surface area (Å²) in [6, 6.07) is 17.3. The molecule has 0 spiro atoms. The van der Waals surface area contributed by atoms with Crippen LogP contribution in [-0.2, 0) is 4.74 Å². The zero-order chi connectivity index (χ0) is 21.5. The number of amides is 1. The molecule has 7 nitrogen and oxygen atoms in total. The van der Waals surface area contributed by atoms with Crippen molar-refractivity contribution in [3.05, 3.63) is 66.4 Å². The number of terminal acetylenes is 1. The summed E-state index contributed by atoms with van der Waals surface area (Å²) in [5, 5.41) is 5.90. The minimum atomic E-state index is -0.199. The van der Waals surface area contributed by atoms with Crippen LogP contribution in [-0.4, -0.2) is 48.7 Å². The number of rotatable bonds is 6. The van der Waals surface area contributed by atoms with Gasteiger partial charge in [-0.15, -0.1) is 6.42 Å². The van der Waals surface area contributed by atoms with Gasteiger partial charge in [-0.2, -0.15) is 0 Å². The molecular weight excluding hydrogens is 390 g/mol. The van der Waals surface area contributed by atoms with E-state index in [1.807, 2.05) is 30.3 Å². The summed E-state index contributed by atoms with van der Waals surface area (Å²) >= 11 is 0. The van der Waals surface area contributed by atoms with E-state index in [9.17, 15) is 4.79 Å². The fourth-order valence-corrected chi connectivity index (χ4v) is 3.31. The number of ether oxygens (including phenoxy) is 1. The van der Waals surface area contributed by atoms with Gasteiger partial charge in [-0.05, 0) is 42.5 Å². The molecule has 1 amide bonds. The summed E-state index contributed by atoms with van der Waals surface area (Å²) in [7, 11) is 0. The van der Waals surface area contributed by atoms with Crippen LogP contribution >= 0.6 is 0 Å². The summed E-state index contributed by atoms with van der Waals surface area (Å²) < 4.78 is 5.41. The summed E-state index contributed by atoms with van der Waals surface area (Å²) in [5.41, 5.74) is 4.29. The number of nitrogens with one attached hydrogen (secondary N) is 2. The number of aromatic nitrogens is 2. The van der Waals surface area contributed by atoms with Crippen LogP contribution in [0.3, 0.4) is 0 Å². The number of hydrogen-bond donors (Lipinski definition) is 2. The summed E-state index contributed by atoms with van der Waals surface area (Å²) in [5.74, 6) is 2.70. The monoisotopic (exact) mass is 413 g/mol. The van der Waals surface area contributed by atoms with Gasteiger partial charge < -0.3 is 20.3 Å². The molecule has 1 aliphatic rings. The van der Waals surface area contributed by atoms with Crippen LogP contribution in [0, 0.1) is 12.3 Å². The largest absolute Gasteiger partial charge is 0.378 e. The number of hydrogen-bond acceptors (Lipinski definition) is 6. The maximum Gasteiger partial charge on any atom is 0.252 e. The van der Waals surface area contributed by atoms with Crippen molar-refractivity contribution in [2.24, 2.45) is 0 Å². The third-order valence-corrected chi connectivity index (χ3v) is 4.95. The van der Waals surface area contributed by atoms with E-state index in [4.69, 9.17) is 11.2 Å². The van der Waals surface area contributed by atoms with Gasteiger partial charge in [0.25, 0.3) is 5.91 Å². The maximum atomic E-state index is 12.0. The molecule has 7 heteroatoms. The molecular formula is C24H23N5O2. The Bertz CT molecular complexity index is 1070. The van der Waals surface area contributed by atoms with Gasteiger partial charge in [-0.25, -0.2) is 9.97 Å². The molecule has 0 saturated carbocycles. The Hall–Kier alpha value is -3.89. The number of carbonyl (C=O) groups excluding carboxylic acids is 1. The second-order valence-electron chi connectivity index (χ2n) is 7.00. The molecule has 1 aliphatic heterocycles. The van der Waals surface area contributed by atoms with E-state index in [-0.39, 0.29) is 12.5 Å². The first-order valence-electron chi connectivity index (χ1n) is 10.1. The van der Waals surface area contributed by atoms with Gasteiger partial charge in [-0.3, -0.25) is 4.79 Å². The summed E-state index contributed by atoms with van der Waals surface area (Å²) in [4.78, 5) is 23.2. The van der Waals surface area contributed by atoms with Crippen molar-refractivity contribution in [2.75, 3.05) is 43.1 Å². The Kier molecular flexibility index (Phi) is 6.41. The molecule has 31 heavy (non-hydrogen) atoms. The van der Waals surface area contributed by atoms with Crippen molar-refractivity contribution < 1.29 is 9.53 Å². The highest BCUT2D eigenvalue weighted by atomic mass is 16.5. The summed E-state index contributed by atoms with van der Waals surface area (Å²) in [6.45, 7) is 3.54. The first-order chi connectivity index (χ1) is 15.2. The molecule has 1 saturated heterocycles. The van der Waals surface area contributed by atoms with Crippen LogP contribution in [0.1, 0.15) is 10.4 Å². The van der Waals surface area contributed by atoms with E-state index in [2.05, 4.69) is 43.6 Å². The molecule has 2 heterocycles. The van der Waals surface area contributed by atoms with Crippen LogP contribution in [0.15, 0.2) is 60.8 Å². The van der Waals surface area contributed by atoms with Gasteiger partial charge in [0.15, 0.2) is 0 Å². The lowest BCUT2D eigenvalue weighted by Crippen LogP contribution is -2.36. The fraction of sp³-hybridized carbons (Fsp3) is 0.208. The SMILES string of the molecule is C#CCNC(=O)c1ccc(-c2ccnc(Nc3ccc(N4CCOCC4)cc3)n2)cc1. The molecule has 1 fully saturated rings. The van der Waals surface area contributed by atoms with Crippen molar-refractivity contribution >= 4 is 23.2 Å². The van der Waals surface area contributed by atoms with E-state index < -0.39 is 0 Å². The van der Waals surface area contributed by atoms with Crippen LogP contribution in [0.5, 0.6) is 0 Å². The molecule has 3 aromatic rings. The van der Waals surface area contributed by atoms with E-state index in [0.717, 1.165) is 43.2 Å².